The van der Waals surface area contributed by atoms with Crippen molar-refractivity contribution in [3.63, 3.8) is 0 Å². The van der Waals surface area contributed by atoms with Crippen LogP contribution in [0.5, 0.6) is 11.6 Å². The first-order valence-corrected chi connectivity index (χ1v) is 8.48. The quantitative estimate of drug-likeness (QED) is 0.464. The molecule has 0 aliphatic carbocycles. The number of benzene rings is 1. The summed E-state index contributed by atoms with van der Waals surface area (Å²) in [5, 5.41) is 27.0. The van der Waals surface area contributed by atoms with Crippen molar-refractivity contribution in [1.29, 1.82) is 0 Å². The Hall–Kier alpha value is -3.48. The number of carboxylic acids is 1. The lowest BCUT2D eigenvalue weighted by Crippen LogP contribution is -2.45. The van der Waals surface area contributed by atoms with Crippen molar-refractivity contribution in [2.24, 2.45) is 5.92 Å². The Kier molecular flexibility index (Phi) is 6.01. The number of aromatic amines is 1. The number of carboxylic acid groups (broad SMARTS) is 1. The Labute approximate surface area is 165 Å². The maximum absolute atomic E-state index is 13.6. The Balaban J connectivity index is 0.000000318. The van der Waals surface area contributed by atoms with Gasteiger partial charge >= 0.3 is 12.1 Å². The molecular formula is C17H15F4N5O4. The molecule has 0 radical (unpaired) electrons. The number of fused-ring (bicyclic) bond motifs is 1. The number of nitrogens with one attached hydrogen (secondary N) is 2. The third kappa shape index (κ3) is 4.92. The normalized spacial score (nSPS) is 14.0. The molecule has 1 saturated heterocycles. The average molecular weight is 429 g/mol. The van der Waals surface area contributed by atoms with Gasteiger partial charge in [0, 0.05) is 24.6 Å². The van der Waals surface area contributed by atoms with E-state index in [4.69, 9.17) is 14.6 Å². The largest absolute Gasteiger partial charge is 0.505 e. The molecule has 0 unspecified atom stereocenters. The topological polar surface area (TPSA) is 133 Å². The summed E-state index contributed by atoms with van der Waals surface area (Å²) in [7, 11) is 0. The molecule has 1 aliphatic heterocycles. The van der Waals surface area contributed by atoms with Crippen LogP contribution in [0.3, 0.4) is 0 Å². The van der Waals surface area contributed by atoms with Gasteiger partial charge in [0.05, 0.1) is 12.8 Å². The molecule has 0 spiro atoms. The van der Waals surface area contributed by atoms with E-state index in [1.807, 2.05) is 0 Å². The van der Waals surface area contributed by atoms with Gasteiger partial charge in [0.15, 0.2) is 23.0 Å². The number of alkyl halides is 3. The molecule has 2 aromatic heterocycles. The van der Waals surface area contributed by atoms with Gasteiger partial charge in [0.25, 0.3) is 0 Å². The van der Waals surface area contributed by atoms with Gasteiger partial charge in [-0.25, -0.2) is 14.2 Å². The highest BCUT2D eigenvalue weighted by Crippen LogP contribution is 2.28. The van der Waals surface area contributed by atoms with Crippen LogP contribution in [0.4, 0.5) is 17.6 Å². The summed E-state index contributed by atoms with van der Waals surface area (Å²) in [6.07, 6.45) is -3.48. The number of hydrogen-bond acceptors (Lipinski definition) is 7. The van der Waals surface area contributed by atoms with Gasteiger partial charge in [0.2, 0.25) is 5.88 Å². The van der Waals surface area contributed by atoms with Crippen molar-refractivity contribution in [1.82, 2.24) is 25.5 Å². The van der Waals surface area contributed by atoms with Crippen molar-refractivity contribution in [2.45, 2.75) is 6.18 Å². The second-order valence-corrected chi connectivity index (χ2v) is 6.29. The molecule has 1 aromatic carbocycles. The first-order chi connectivity index (χ1) is 14.1. The number of hydrogen-bond donors (Lipinski definition) is 4. The highest BCUT2D eigenvalue weighted by atomic mass is 19.4. The maximum Gasteiger partial charge on any atom is 0.490 e. The lowest BCUT2D eigenvalue weighted by molar-refractivity contribution is -0.192. The van der Waals surface area contributed by atoms with E-state index < -0.39 is 23.7 Å². The highest BCUT2D eigenvalue weighted by Gasteiger charge is 2.38. The molecule has 9 nitrogen and oxygen atoms in total. The van der Waals surface area contributed by atoms with Crippen LogP contribution in [0.15, 0.2) is 24.4 Å². The molecule has 0 atom stereocenters. The minimum absolute atomic E-state index is 0.308. The Bertz CT molecular complexity index is 1050. The van der Waals surface area contributed by atoms with Crippen LogP contribution in [-0.2, 0) is 4.79 Å². The minimum Gasteiger partial charge on any atom is -0.505 e. The lowest BCUT2D eigenvalue weighted by Gasteiger charge is -2.26. The number of nitrogens with zero attached hydrogens (tertiary/aromatic N) is 3. The molecule has 0 saturated carbocycles. The Morgan fingerprint density at radius 3 is 2.53 bits per heavy atom. The van der Waals surface area contributed by atoms with Gasteiger partial charge in [-0.3, -0.25) is 5.10 Å². The molecule has 3 aromatic rings. The van der Waals surface area contributed by atoms with E-state index in [0.717, 1.165) is 13.1 Å². The molecule has 160 valence electrons. The van der Waals surface area contributed by atoms with Crippen LogP contribution in [0.2, 0.25) is 0 Å². The Morgan fingerprint density at radius 1 is 1.27 bits per heavy atom. The van der Waals surface area contributed by atoms with E-state index in [2.05, 4.69) is 25.5 Å². The Morgan fingerprint density at radius 2 is 1.97 bits per heavy atom. The predicted molar refractivity (Wildman–Crippen MR) is 94.3 cm³/mol. The zero-order chi connectivity index (χ0) is 21.9. The zero-order valence-electron chi connectivity index (χ0n) is 15.1. The summed E-state index contributed by atoms with van der Waals surface area (Å²) in [5.74, 6) is -2.71. The molecular weight excluding hydrogens is 414 g/mol. The van der Waals surface area contributed by atoms with E-state index in [1.165, 1.54) is 12.1 Å². The molecule has 3 heterocycles. The van der Waals surface area contributed by atoms with Gasteiger partial charge in [0.1, 0.15) is 5.39 Å². The summed E-state index contributed by atoms with van der Waals surface area (Å²) in [6, 6.07) is 4.01. The second kappa shape index (κ2) is 8.49. The third-order valence-electron chi connectivity index (χ3n) is 4.04. The lowest BCUT2D eigenvalue weighted by atomic mass is 10.1. The fraction of sp³-hybridized carbons (Fsp3) is 0.294. The van der Waals surface area contributed by atoms with Crippen LogP contribution in [0, 0.1) is 11.7 Å². The van der Waals surface area contributed by atoms with Crippen LogP contribution < -0.4 is 10.1 Å². The van der Waals surface area contributed by atoms with Crippen molar-refractivity contribution >= 4 is 17.0 Å². The van der Waals surface area contributed by atoms with Crippen LogP contribution in [0.1, 0.15) is 0 Å². The summed E-state index contributed by atoms with van der Waals surface area (Å²) < 4.78 is 51.1. The fourth-order valence-electron chi connectivity index (χ4n) is 2.36. The van der Waals surface area contributed by atoms with Gasteiger partial charge in [-0.05, 0) is 18.2 Å². The minimum atomic E-state index is -5.08. The monoisotopic (exact) mass is 429 g/mol. The second-order valence-electron chi connectivity index (χ2n) is 6.29. The predicted octanol–water partition coefficient (Wildman–Crippen LogP) is 2.10. The number of rotatable bonds is 4. The van der Waals surface area contributed by atoms with Gasteiger partial charge in [-0.1, -0.05) is 0 Å². The molecule has 4 N–H and O–H groups in total. The van der Waals surface area contributed by atoms with Gasteiger partial charge < -0.3 is 20.3 Å². The van der Waals surface area contributed by atoms with E-state index in [0.29, 0.717) is 40.8 Å². The molecule has 0 bridgehead atoms. The van der Waals surface area contributed by atoms with E-state index in [9.17, 15) is 22.7 Å². The molecule has 1 fully saturated rings. The summed E-state index contributed by atoms with van der Waals surface area (Å²) >= 11 is 0. The third-order valence-corrected chi connectivity index (χ3v) is 4.04. The van der Waals surface area contributed by atoms with Gasteiger partial charge in [-0.15, -0.1) is 0 Å². The molecule has 4 rings (SSSR count). The number of phenols is 1. The van der Waals surface area contributed by atoms with Crippen LogP contribution >= 0.6 is 0 Å². The number of aromatic hydroxyl groups is 1. The SMILES string of the molecule is O=C(O)C(F)(F)F.Oc1ccc(-c2nc(OCC3CNC3)c3cn[nH]c3n2)cc1F. The summed E-state index contributed by atoms with van der Waals surface area (Å²) in [4.78, 5) is 17.6. The van der Waals surface area contributed by atoms with Crippen LogP contribution in [-0.4, -0.2) is 62.2 Å². The van der Waals surface area contributed by atoms with E-state index >= 15 is 0 Å². The fourth-order valence-corrected chi connectivity index (χ4v) is 2.36. The van der Waals surface area contributed by atoms with E-state index in [-0.39, 0.29) is 0 Å². The zero-order valence-corrected chi connectivity index (χ0v) is 15.1. The molecule has 0 amide bonds. The van der Waals surface area contributed by atoms with Crippen molar-refractivity contribution in [3.05, 3.63) is 30.2 Å². The van der Waals surface area contributed by atoms with Crippen molar-refractivity contribution < 1.29 is 37.3 Å². The number of ether oxygens (including phenoxy) is 1. The number of aliphatic carboxylic acids is 1. The van der Waals surface area contributed by atoms with E-state index in [1.54, 1.807) is 12.3 Å². The molecule has 13 heteroatoms. The highest BCUT2D eigenvalue weighted by molar-refractivity contribution is 5.81. The number of halogens is 4. The summed E-state index contributed by atoms with van der Waals surface area (Å²) in [5.41, 5.74) is 0.970. The smallest absolute Gasteiger partial charge is 0.490 e. The summed E-state index contributed by atoms with van der Waals surface area (Å²) in [6.45, 7) is 2.40. The number of aromatic nitrogens is 4. The standard InChI is InChI=1S/C15H14FN5O2.C2HF3O2/c16-11-3-9(1-2-12(11)22)13-19-14-10(6-18-21-14)15(20-13)23-7-8-4-17-5-8;3-2(4,5)1(6)7/h1-3,6,8,17,22H,4-5,7H2,(H,18,19,20,21);(H,6,7). The van der Waals surface area contributed by atoms with Gasteiger partial charge in [-0.2, -0.15) is 23.3 Å². The molecule has 1 aliphatic rings. The maximum atomic E-state index is 13.6. The van der Waals surface area contributed by atoms with Crippen molar-refractivity contribution in [3.8, 4) is 23.0 Å². The first-order valence-electron chi connectivity index (χ1n) is 8.48. The number of H-pyrrole nitrogens is 1. The molecule has 30 heavy (non-hydrogen) atoms. The van der Waals surface area contributed by atoms with Crippen molar-refractivity contribution in [2.75, 3.05) is 19.7 Å². The first kappa shape index (κ1) is 21.2. The average Bonchev–Trinajstić information content (AvgIpc) is 3.11. The number of carbonyl (C=O) groups is 1. The van der Waals surface area contributed by atoms with Crippen LogP contribution in [0.25, 0.3) is 22.4 Å². The number of phenolic OH excluding ortho intramolecular Hbond substituents is 1.